The van der Waals surface area contributed by atoms with Crippen LogP contribution in [0.5, 0.6) is 11.5 Å². The molecule has 5 heterocycles. The van der Waals surface area contributed by atoms with Crippen LogP contribution in [0, 0.1) is 6.92 Å². The molecule has 3 atom stereocenters. The molecule has 1 aromatic carbocycles. The normalized spacial score (nSPS) is 21.4. The summed E-state index contributed by atoms with van der Waals surface area (Å²) in [6.45, 7) is -0.963. The average Bonchev–Trinajstić information content (AvgIpc) is 3.52. The highest BCUT2D eigenvalue weighted by Crippen LogP contribution is 2.55. The van der Waals surface area contributed by atoms with Crippen LogP contribution < -0.4 is 15.2 Å². The molecule has 3 aliphatic rings. The van der Waals surface area contributed by atoms with E-state index in [0.29, 0.717) is 39.7 Å². The Labute approximate surface area is 225 Å². The summed E-state index contributed by atoms with van der Waals surface area (Å²) in [6.07, 6.45) is -1.79. The molecule has 0 radical (unpaired) electrons. The van der Waals surface area contributed by atoms with Crippen molar-refractivity contribution < 1.29 is 38.4 Å². The molecule has 5 N–H and O–H groups in total. The van der Waals surface area contributed by atoms with Crippen LogP contribution in [-0.4, -0.2) is 60.0 Å². The number of hydrogen-bond donors (Lipinski definition) is 4. The molecule has 1 aliphatic carbocycles. The highest BCUT2D eigenvalue weighted by atomic mass is 19.3. The molecular formula is C27H23F2N5O6. The van der Waals surface area contributed by atoms with E-state index in [0.717, 1.165) is 16.8 Å². The largest absolute Gasteiger partial charge is 0.490 e. The number of rotatable bonds is 4. The molecule has 0 saturated carbocycles. The number of fused-ring (bicyclic) bond motifs is 10. The van der Waals surface area contributed by atoms with Gasteiger partial charge in [-0.1, -0.05) is 6.07 Å². The topological polar surface area (TPSA) is 156 Å². The van der Waals surface area contributed by atoms with E-state index in [1.165, 1.54) is 18.2 Å². The maximum atomic E-state index is 13.5. The number of aryl methyl sites for hydroxylation is 1. The number of nitrogens with zero attached hydrogens (tertiary/aromatic N) is 4. The van der Waals surface area contributed by atoms with E-state index in [2.05, 4.69) is 10.1 Å². The molecule has 0 spiro atoms. The number of pyridine rings is 2. The van der Waals surface area contributed by atoms with Gasteiger partial charge in [0.2, 0.25) is 0 Å². The average molecular weight is 552 g/mol. The fraction of sp³-hybridized carbons (Fsp3) is 0.296. The summed E-state index contributed by atoms with van der Waals surface area (Å²) in [6, 6.07) is 8.23. The Morgan fingerprint density at radius 2 is 1.95 bits per heavy atom. The van der Waals surface area contributed by atoms with Gasteiger partial charge < -0.3 is 30.5 Å². The van der Waals surface area contributed by atoms with Crippen LogP contribution in [0.4, 0.5) is 8.78 Å². The van der Waals surface area contributed by atoms with Gasteiger partial charge in [-0.25, -0.2) is 4.52 Å². The molecule has 7 rings (SSSR count). The molecule has 40 heavy (non-hydrogen) atoms. The van der Waals surface area contributed by atoms with E-state index in [1.54, 1.807) is 10.7 Å². The van der Waals surface area contributed by atoms with E-state index >= 15 is 0 Å². The zero-order chi connectivity index (χ0) is 28.1. The lowest BCUT2D eigenvalue weighted by Crippen LogP contribution is -2.53. The van der Waals surface area contributed by atoms with Crippen molar-refractivity contribution in [2.45, 2.75) is 44.1 Å². The first-order valence-corrected chi connectivity index (χ1v) is 12.5. The van der Waals surface area contributed by atoms with Crippen molar-refractivity contribution in [1.82, 2.24) is 19.5 Å². The Morgan fingerprint density at radius 1 is 1.15 bits per heavy atom. The molecule has 3 unspecified atom stereocenters. The van der Waals surface area contributed by atoms with Crippen LogP contribution in [-0.2, 0) is 0 Å². The molecule has 13 heteroatoms. The third-order valence-electron chi connectivity index (χ3n) is 7.83. The predicted molar refractivity (Wildman–Crippen MR) is 133 cm³/mol. The summed E-state index contributed by atoms with van der Waals surface area (Å²) in [5.74, 6) is -1.27. The van der Waals surface area contributed by atoms with E-state index in [4.69, 9.17) is 15.2 Å². The van der Waals surface area contributed by atoms with Gasteiger partial charge in [0.1, 0.15) is 23.8 Å². The van der Waals surface area contributed by atoms with Gasteiger partial charge in [0.25, 0.3) is 5.91 Å². The maximum Gasteiger partial charge on any atom is 0.387 e. The third kappa shape index (κ3) is 3.52. The lowest BCUT2D eigenvalue weighted by molar-refractivity contribution is -0.385. The van der Waals surface area contributed by atoms with Crippen molar-refractivity contribution in [1.29, 1.82) is 0 Å². The van der Waals surface area contributed by atoms with Crippen LogP contribution in [0.25, 0.3) is 16.6 Å². The van der Waals surface area contributed by atoms with E-state index in [9.17, 15) is 28.9 Å². The van der Waals surface area contributed by atoms with Gasteiger partial charge in [-0.05, 0) is 49.2 Å². The molecule has 206 valence electrons. The summed E-state index contributed by atoms with van der Waals surface area (Å²) in [5, 5.41) is 35.3. The number of benzene rings is 1. The third-order valence-corrected chi connectivity index (χ3v) is 7.83. The smallest absolute Gasteiger partial charge is 0.387 e. The number of alkyl halides is 2. The van der Waals surface area contributed by atoms with E-state index in [1.807, 2.05) is 25.1 Å². The van der Waals surface area contributed by atoms with Crippen molar-refractivity contribution in [3.8, 4) is 22.6 Å². The number of ether oxygens (including phenoxy) is 2. The second-order valence-electron chi connectivity index (χ2n) is 10.1. The van der Waals surface area contributed by atoms with Crippen molar-refractivity contribution in [2.75, 3.05) is 6.61 Å². The quantitative estimate of drug-likeness (QED) is 0.280. The van der Waals surface area contributed by atoms with Gasteiger partial charge in [-0.2, -0.15) is 13.9 Å². The number of amides is 1. The number of hydrogen-bond acceptors (Lipinski definition) is 9. The lowest BCUT2D eigenvalue weighted by atomic mass is 9.88. The Morgan fingerprint density at radius 3 is 2.70 bits per heavy atom. The van der Waals surface area contributed by atoms with Crippen molar-refractivity contribution in [2.24, 2.45) is 5.73 Å². The summed E-state index contributed by atoms with van der Waals surface area (Å²) in [4.78, 5) is 18.6. The number of nitrogens with two attached hydrogens (primary N) is 1. The Kier molecular flexibility index (Phi) is 5.23. The second-order valence-corrected chi connectivity index (χ2v) is 10.1. The Hall–Kier alpha value is -4.17. The number of carbonyl (C=O) groups is 1. The van der Waals surface area contributed by atoms with Crippen molar-refractivity contribution in [3.63, 3.8) is 0 Å². The maximum absolute atomic E-state index is 13.5. The number of aromatic nitrogens is 3. The van der Waals surface area contributed by atoms with Gasteiger partial charge in [-0.15, -0.1) is 0 Å². The van der Waals surface area contributed by atoms with Crippen LogP contribution in [0.3, 0.4) is 0 Å². The highest BCUT2D eigenvalue weighted by Gasteiger charge is 2.52. The van der Waals surface area contributed by atoms with Crippen LogP contribution in [0.15, 0.2) is 42.6 Å². The predicted octanol–water partition coefficient (Wildman–Crippen LogP) is 2.32. The number of halogens is 2. The van der Waals surface area contributed by atoms with Crippen LogP contribution >= 0.6 is 0 Å². The zero-order valence-corrected chi connectivity index (χ0v) is 21.0. The molecule has 11 nitrogen and oxygen atoms in total. The zero-order valence-electron chi connectivity index (χ0n) is 21.0. The first-order chi connectivity index (χ1) is 19.0. The van der Waals surface area contributed by atoms with E-state index in [-0.39, 0.29) is 29.3 Å². The Bertz CT molecular complexity index is 1720. The summed E-state index contributed by atoms with van der Waals surface area (Å²) in [7, 11) is 0. The minimum atomic E-state index is -3.54. The number of aliphatic hydroxyl groups is 3. The summed E-state index contributed by atoms with van der Waals surface area (Å²) >= 11 is 0. The monoisotopic (exact) mass is 551 g/mol. The molecule has 1 amide bonds. The first-order valence-electron chi connectivity index (χ1n) is 12.5. The number of carbonyl (C=O) groups excluding carboxylic acids is 1. The minimum absolute atomic E-state index is 0.0509. The Balaban J connectivity index is 1.46. The highest BCUT2D eigenvalue weighted by molar-refractivity contribution is 5.98. The molecule has 2 aliphatic heterocycles. The standard InChI is InChI=1S/C27H23F2N5O6/c1-11-14(9-20-23(31-11)16(30)10-39-20)12-5-6-33-17(7-12)22-15-8-18(24(22)32-33)34(27(36,37)38)25(35)13-3-2-4-19(21(13)15)40-26(28)29/h2-7,9,15-16,18,26,36-38H,8,10,30H2,1H3. The van der Waals surface area contributed by atoms with Crippen LogP contribution in [0.2, 0.25) is 0 Å². The van der Waals surface area contributed by atoms with Gasteiger partial charge >= 0.3 is 12.7 Å². The van der Waals surface area contributed by atoms with E-state index < -0.39 is 30.6 Å². The summed E-state index contributed by atoms with van der Waals surface area (Å²) < 4.78 is 38.9. The van der Waals surface area contributed by atoms with Crippen LogP contribution in [0.1, 0.15) is 63.0 Å². The minimum Gasteiger partial charge on any atom is -0.490 e. The van der Waals surface area contributed by atoms with Gasteiger partial charge in [0.15, 0.2) is 0 Å². The molecule has 2 bridgehead atoms. The molecule has 4 aromatic rings. The lowest BCUT2D eigenvalue weighted by Gasteiger charge is -2.34. The second kappa shape index (κ2) is 8.41. The van der Waals surface area contributed by atoms with Gasteiger partial charge in [-0.3, -0.25) is 14.7 Å². The molecular weight excluding hydrogens is 528 g/mol. The van der Waals surface area contributed by atoms with Crippen molar-refractivity contribution >= 4 is 11.4 Å². The molecule has 0 saturated heterocycles. The fourth-order valence-corrected chi connectivity index (χ4v) is 6.24. The van der Waals surface area contributed by atoms with Gasteiger partial charge in [0, 0.05) is 40.1 Å². The SMILES string of the molecule is Cc1nc2c(cc1-c1ccn3nc4c(c3c1)C1CC4N(C(O)(O)O)C(=O)c3cccc(OC(F)F)c31)OCC2N. The van der Waals surface area contributed by atoms with Gasteiger partial charge in [0.05, 0.1) is 23.3 Å². The fourth-order valence-electron chi connectivity index (χ4n) is 6.24. The van der Waals surface area contributed by atoms with Crippen molar-refractivity contribution in [3.05, 3.63) is 76.4 Å². The molecule has 0 fully saturated rings. The molecule has 3 aromatic heterocycles. The first kappa shape index (κ1) is 24.8. The summed E-state index contributed by atoms with van der Waals surface area (Å²) in [5.41, 5.74) is 10.6.